The number of nitrogens with one attached hydrogen (secondary N) is 1. The average Bonchev–Trinajstić information content (AvgIpc) is 2.97. The normalized spacial score (nSPS) is 10.4. The van der Waals surface area contributed by atoms with Crippen molar-refractivity contribution in [1.82, 2.24) is 9.97 Å². The first-order valence-electron chi connectivity index (χ1n) is 4.79. The third kappa shape index (κ3) is 1.23. The number of aromatic amines is 1. The van der Waals surface area contributed by atoms with E-state index in [-0.39, 0.29) is 0 Å². The molecule has 0 saturated carbocycles. The van der Waals surface area contributed by atoms with Gasteiger partial charge in [-0.25, -0.2) is 4.98 Å². The van der Waals surface area contributed by atoms with E-state index in [4.69, 9.17) is 5.26 Å². The monoisotopic (exact) mass is 225 g/mol. The molecule has 4 heteroatoms. The molecule has 0 spiro atoms. The second kappa shape index (κ2) is 3.47. The fourth-order valence-corrected chi connectivity index (χ4v) is 2.46. The molecule has 3 nitrogen and oxygen atoms in total. The topological polar surface area (TPSA) is 52.5 Å². The SMILES string of the molecule is N#Cc1c[nH]c2nccc(-c3ccsc3)c12. The van der Waals surface area contributed by atoms with Crippen LogP contribution in [0.15, 0.2) is 35.3 Å². The van der Waals surface area contributed by atoms with Gasteiger partial charge in [-0.15, -0.1) is 0 Å². The molecule has 0 amide bonds. The van der Waals surface area contributed by atoms with E-state index in [0.717, 1.165) is 22.2 Å². The van der Waals surface area contributed by atoms with Gasteiger partial charge in [-0.2, -0.15) is 16.6 Å². The summed E-state index contributed by atoms with van der Waals surface area (Å²) in [6.45, 7) is 0. The van der Waals surface area contributed by atoms with Gasteiger partial charge in [0.2, 0.25) is 0 Å². The summed E-state index contributed by atoms with van der Waals surface area (Å²) in [5, 5.41) is 14.1. The summed E-state index contributed by atoms with van der Waals surface area (Å²) in [4.78, 5) is 7.23. The third-order valence-electron chi connectivity index (χ3n) is 2.53. The minimum atomic E-state index is 0.643. The van der Waals surface area contributed by atoms with Crippen molar-refractivity contribution in [2.75, 3.05) is 0 Å². The number of rotatable bonds is 1. The number of thiophene rings is 1. The largest absolute Gasteiger partial charge is 0.345 e. The fourth-order valence-electron chi connectivity index (χ4n) is 1.80. The number of fused-ring (bicyclic) bond motifs is 1. The maximum Gasteiger partial charge on any atom is 0.139 e. The molecule has 1 N–H and O–H groups in total. The Balaban J connectivity index is 2.41. The molecule has 0 aromatic carbocycles. The summed E-state index contributed by atoms with van der Waals surface area (Å²) < 4.78 is 0. The lowest BCUT2D eigenvalue weighted by molar-refractivity contribution is 1.32. The van der Waals surface area contributed by atoms with Crippen molar-refractivity contribution in [3.8, 4) is 17.2 Å². The number of nitrogens with zero attached hydrogens (tertiary/aromatic N) is 2. The van der Waals surface area contributed by atoms with Gasteiger partial charge in [-0.3, -0.25) is 0 Å². The highest BCUT2D eigenvalue weighted by Gasteiger charge is 2.10. The Morgan fingerprint density at radius 3 is 3.06 bits per heavy atom. The first-order chi connectivity index (χ1) is 7.90. The second-order valence-corrected chi connectivity index (χ2v) is 4.19. The van der Waals surface area contributed by atoms with Crippen LogP contribution in [-0.2, 0) is 0 Å². The standard InChI is InChI=1S/C12H7N3S/c13-5-9-6-15-12-11(9)10(1-3-14-12)8-2-4-16-7-8/h1-4,6-7H,(H,14,15). The van der Waals surface area contributed by atoms with Gasteiger partial charge >= 0.3 is 0 Å². The molecule has 3 heterocycles. The van der Waals surface area contributed by atoms with Crippen LogP contribution in [0.1, 0.15) is 5.56 Å². The molecule has 0 atom stereocenters. The van der Waals surface area contributed by atoms with Gasteiger partial charge in [-0.05, 0) is 34.0 Å². The number of pyridine rings is 1. The summed E-state index contributed by atoms with van der Waals surface area (Å²) in [5.41, 5.74) is 3.60. The van der Waals surface area contributed by atoms with E-state index in [1.807, 2.05) is 17.5 Å². The number of hydrogen-bond donors (Lipinski definition) is 1. The van der Waals surface area contributed by atoms with Gasteiger partial charge in [0.25, 0.3) is 0 Å². The molecule has 0 aliphatic heterocycles. The predicted octanol–water partition coefficient (Wildman–Crippen LogP) is 3.16. The highest BCUT2D eigenvalue weighted by atomic mass is 32.1. The van der Waals surface area contributed by atoms with Crippen LogP contribution >= 0.6 is 11.3 Å². The molecular weight excluding hydrogens is 218 g/mol. The molecule has 0 aliphatic carbocycles. The van der Waals surface area contributed by atoms with Crippen molar-refractivity contribution in [3.63, 3.8) is 0 Å². The Morgan fingerprint density at radius 1 is 1.38 bits per heavy atom. The van der Waals surface area contributed by atoms with Crippen LogP contribution in [0.25, 0.3) is 22.2 Å². The third-order valence-corrected chi connectivity index (χ3v) is 3.21. The zero-order valence-electron chi connectivity index (χ0n) is 8.27. The Morgan fingerprint density at radius 2 is 2.31 bits per heavy atom. The van der Waals surface area contributed by atoms with Crippen molar-refractivity contribution in [1.29, 1.82) is 5.26 Å². The molecule has 16 heavy (non-hydrogen) atoms. The van der Waals surface area contributed by atoms with Gasteiger partial charge in [0.05, 0.1) is 5.56 Å². The summed E-state index contributed by atoms with van der Waals surface area (Å²) in [6.07, 6.45) is 3.46. The highest BCUT2D eigenvalue weighted by molar-refractivity contribution is 7.08. The summed E-state index contributed by atoms with van der Waals surface area (Å²) in [5.74, 6) is 0. The van der Waals surface area contributed by atoms with Crippen LogP contribution < -0.4 is 0 Å². The molecular formula is C12H7N3S. The second-order valence-electron chi connectivity index (χ2n) is 3.41. The summed E-state index contributed by atoms with van der Waals surface area (Å²) in [7, 11) is 0. The van der Waals surface area contributed by atoms with E-state index in [0.29, 0.717) is 5.56 Å². The van der Waals surface area contributed by atoms with E-state index in [9.17, 15) is 0 Å². The Bertz CT molecular complexity index is 674. The van der Waals surface area contributed by atoms with Crippen LogP contribution in [0.3, 0.4) is 0 Å². The molecule has 3 rings (SSSR count). The highest BCUT2D eigenvalue weighted by Crippen LogP contribution is 2.30. The summed E-state index contributed by atoms with van der Waals surface area (Å²) in [6, 6.07) is 6.18. The Hall–Kier alpha value is -2.12. The number of H-pyrrole nitrogens is 1. The van der Waals surface area contributed by atoms with E-state index in [1.54, 1.807) is 23.7 Å². The Kier molecular flexibility index (Phi) is 1.98. The van der Waals surface area contributed by atoms with Crippen LogP contribution in [0.5, 0.6) is 0 Å². The lowest BCUT2D eigenvalue weighted by atomic mass is 10.0. The quantitative estimate of drug-likeness (QED) is 0.691. The van der Waals surface area contributed by atoms with E-state index in [2.05, 4.69) is 21.4 Å². The first-order valence-corrected chi connectivity index (χ1v) is 5.73. The van der Waals surface area contributed by atoms with Crippen LogP contribution in [-0.4, -0.2) is 9.97 Å². The van der Waals surface area contributed by atoms with Crippen molar-refractivity contribution >= 4 is 22.4 Å². The molecule has 76 valence electrons. The van der Waals surface area contributed by atoms with Crippen LogP contribution in [0.2, 0.25) is 0 Å². The molecule has 3 aromatic heterocycles. The Labute approximate surface area is 96.0 Å². The molecule has 0 fully saturated rings. The fraction of sp³-hybridized carbons (Fsp3) is 0. The van der Waals surface area contributed by atoms with Crippen molar-refractivity contribution < 1.29 is 0 Å². The van der Waals surface area contributed by atoms with Gasteiger partial charge in [0, 0.05) is 17.8 Å². The first kappa shape index (κ1) is 9.13. The lowest BCUT2D eigenvalue weighted by Gasteiger charge is -1.99. The van der Waals surface area contributed by atoms with E-state index in [1.165, 1.54) is 0 Å². The maximum atomic E-state index is 9.05. The van der Waals surface area contributed by atoms with Gasteiger partial charge < -0.3 is 4.98 Å². The molecule has 0 saturated heterocycles. The molecule has 0 aliphatic rings. The summed E-state index contributed by atoms with van der Waals surface area (Å²) >= 11 is 1.65. The van der Waals surface area contributed by atoms with Gasteiger partial charge in [0.15, 0.2) is 0 Å². The smallest absolute Gasteiger partial charge is 0.139 e. The minimum absolute atomic E-state index is 0.643. The average molecular weight is 225 g/mol. The molecule has 0 bridgehead atoms. The predicted molar refractivity (Wildman–Crippen MR) is 64.1 cm³/mol. The van der Waals surface area contributed by atoms with Crippen molar-refractivity contribution in [3.05, 3.63) is 40.8 Å². The zero-order chi connectivity index (χ0) is 11.0. The van der Waals surface area contributed by atoms with Gasteiger partial charge in [0.1, 0.15) is 11.7 Å². The van der Waals surface area contributed by atoms with Crippen LogP contribution in [0.4, 0.5) is 0 Å². The minimum Gasteiger partial charge on any atom is -0.345 e. The molecule has 0 unspecified atom stereocenters. The number of aromatic nitrogens is 2. The number of nitriles is 1. The lowest BCUT2D eigenvalue weighted by Crippen LogP contribution is -1.81. The number of hydrogen-bond acceptors (Lipinski definition) is 3. The zero-order valence-corrected chi connectivity index (χ0v) is 9.08. The van der Waals surface area contributed by atoms with Crippen LogP contribution in [0, 0.1) is 11.3 Å². The van der Waals surface area contributed by atoms with E-state index >= 15 is 0 Å². The molecule has 3 aromatic rings. The van der Waals surface area contributed by atoms with Crippen molar-refractivity contribution in [2.45, 2.75) is 0 Å². The van der Waals surface area contributed by atoms with Gasteiger partial charge in [-0.1, -0.05) is 0 Å². The molecule has 0 radical (unpaired) electrons. The van der Waals surface area contributed by atoms with E-state index < -0.39 is 0 Å². The van der Waals surface area contributed by atoms with Crippen molar-refractivity contribution in [2.24, 2.45) is 0 Å². The maximum absolute atomic E-state index is 9.05.